The van der Waals surface area contributed by atoms with E-state index < -0.39 is 0 Å². The molecule has 0 saturated heterocycles. The SMILES string of the molecule is CCC(Nc1c(C)cc(Br)cc1OC)c1ccco1. The number of hydrogen-bond acceptors (Lipinski definition) is 3. The van der Waals surface area contributed by atoms with Gasteiger partial charge in [0.2, 0.25) is 0 Å². The van der Waals surface area contributed by atoms with Gasteiger partial charge in [-0.25, -0.2) is 0 Å². The third-order valence-corrected chi connectivity index (χ3v) is 3.56. The first kappa shape index (κ1) is 14.0. The number of nitrogens with one attached hydrogen (secondary N) is 1. The lowest BCUT2D eigenvalue weighted by Gasteiger charge is -2.20. The second-order valence-corrected chi connectivity index (χ2v) is 5.34. The summed E-state index contributed by atoms with van der Waals surface area (Å²) >= 11 is 3.48. The van der Waals surface area contributed by atoms with Crippen molar-refractivity contribution in [2.45, 2.75) is 26.3 Å². The molecule has 1 heterocycles. The zero-order valence-electron chi connectivity index (χ0n) is 11.4. The highest BCUT2D eigenvalue weighted by molar-refractivity contribution is 9.10. The van der Waals surface area contributed by atoms with Crippen LogP contribution in [0.5, 0.6) is 5.75 Å². The largest absolute Gasteiger partial charge is 0.495 e. The van der Waals surface area contributed by atoms with Gasteiger partial charge in [-0.2, -0.15) is 0 Å². The first-order valence-electron chi connectivity index (χ1n) is 6.29. The van der Waals surface area contributed by atoms with Crippen LogP contribution in [0.2, 0.25) is 0 Å². The molecule has 19 heavy (non-hydrogen) atoms. The van der Waals surface area contributed by atoms with E-state index in [4.69, 9.17) is 9.15 Å². The van der Waals surface area contributed by atoms with Crippen LogP contribution in [-0.2, 0) is 0 Å². The third-order valence-electron chi connectivity index (χ3n) is 3.10. The van der Waals surface area contributed by atoms with Crippen LogP contribution in [0.25, 0.3) is 0 Å². The molecule has 4 heteroatoms. The Labute approximate surface area is 122 Å². The number of anilines is 1. The Hall–Kier alpha value is -1.42. The van der Waals surface area contributed by atoms with Crippen LogP contribution in [0.15, 0.2) is 39.4 Å². The van der Waals surface area contributed by atoms with E-state index in [2.05, 4.69) is 41.2 Å². The maximum Gasteiger partial charge on any atom is 0.143 e. The Morgan fingerprint density at radius 2 is 2.21 bits per heavy atom. The van der Waals surface area contributed by atoms with E-state index in [1.165, 1.54) is 0 Å². The Kier molecular flexibility index (Phi) is 4.53. The maximum absolute atomic E-state index is 5.48. The summed E-state index contributed by atoms with van der Waals surface area (Å²) in [5, 5.41) is 3.51. The van der Waals surface area contributed by atoms with Crippen LogP contribution in [0.4, 0.5) is 5.69 Å². The molecule has 1 N–H and O–H groups in total. The molecule has 0 amide bonds. The Morgan fingerprint density at radius 3 is 2.79 bits per heavy atom. The number of hydrogen-bond donors (Lipinski definition) is 1. The molecule has 0 aliphatic rings. The second kappa shape index (κ2) is 6.15. The summed E-state index contributed by atoms with van der Waals surface area (Å²) in [5.74, 6) is 1.77. The molecule has 1 atom stereocenters. The Bertz CT molecular complexity index is 537. The zero-order chi connectivity index (χ0) is 13.8. The van der Waals surface area contributed by atoms with Gasteiger partial charge >= 0.3 is 0 Å². The van der Waals surface area contributed by atoms with Crippen molar-refractivity contribution in [2.24, 2.45) is 0 Å². The molecule has 0 fully saturated rings. The van der Waals surface area contributed by atoms with Crippen molar-refractivity contribution < 1.29 is 9.15 Å². The number of halogens is 1. The molecule has 2 aromatic rings. The number of benzene rings is 1. The molecule has 1 unspecified atom stereocenters. The average Bonchev–Trinajstić information content (AvgIpc) is 2.91. The Morgan fingerprint density at radius 1 is 1.42 bits per heavy atom. The van der Waals surface area contributed by atoms with Gasteiger partial charge in [-0.15, -0.1) is 0 Å². The zero-order valence-corrected chi connectivity index (χ0v) is 13.0. The number of methoxy groups -OCH3 is 1. The van der Waals surface area contributed by atoms with E-state index in [1.807, 2.05) is 18.2 Å². The van der Waals surface area contributed by atoms with Crippen molar-refractivity contribution in [2.75, 3.05) is 12.4 Å². The molecule has 0 aliphatic heterocycles. The predicted molar refractivity (Wildman–Crippen MR) is 80.8 cm³/mol. The van der Waals surface area contributed by atoms with E-state index in [9.17, 15) is 0 Å². The van der Waals surface area contributed by atoms with E-state index in [1.54, 1.807) is 13.4 Å². The smallest absolute Gasteiger partial charge is 0.143 e. The fourth-order valence-corrected chi connectivity index (χ4v) is 2.65. The molecule has 0 bridgehead atoms. The number of rotatable bonds is 5. The fraction of sp³-hybridized carbons (Fsp3) is 0.333. The molecule has 3 nitrogen and oxygen atoms in total. The highest BCUT2D eigenvalue weighted by atomic mass is 79.9. The van der Waals surface area contributed by atoms with Crippen molar-refractivity contribution in [3.05, 3.63) is 46.3 Å². The van der Waals surface area contributed by atoms with Gasteiger partial charge in [0.25, 0.3) is 0 Å². The van der Waals surface area contributed by atoms with Crippen LogP contribution in [-0.4, -0.2) is 7.11 Å². The van der Waals surface area contributed by atoms with E-state index >= 15 is 0 Å². The summed E-state index contributed by atoms with van der Waals surface area (Å²) in [4.78, 5) is 0. The molecule has 0 radical (unpaired) electrons. The lowest BCUT2D eigenvalue weighted by molar-refractivity contribution is 0.414. The van der Waals surface area contributed by atoms with Gasteiger partial charge in [-0.05, 0) is 43.2 Å². The quantitative estimate of drug-likeness (QED) is 0.847. The van der Waals surface area contributed by atoms with Crippen molar-refractivity contribution in [1.29, 1.82) is 0 Å². The first-order chi connectivity index (χ1) is 9.15. The minimum atomic E-state index is 0.142. The van der Waals surface area contributed by atoms with Gasteiger partial charge in [-0.3, -0.25) is 0 Å². The van der Waals surface area contributed by atoms with Crippen LogP contribution in [0.1, 0.15) is 30.7 Å². The summed E-state index contributed by atoms with van der Waals surface area (Å²) in [6.45, 7) is 4.19. The summed E-state index contributed by atoms with van der Waals surface area (Å²) in [6.07, 6.45) is 2.64. The van der Waals surface area contributed by atoms with Gasteiger partial charge < -0.3 is 14.5 Å². The van der Waals surface area contributed by atoms with Crippen molar-refractivity contribution in [3.8, 4) is 5.75 Å². The van der Waals surface area contributed by atoms with E-state index in [0.717, 1.165) is 33.7 Å². The second-order valence-electron chi connectivity index (χ2n) is 4.42. The molecule has 2 rings (SSSR count). The highest BCUT2D eigenvalue weighted by Gasteiger charge is 2.16. The monoisotopic (exact) mass is 323 g/mol. The van der Waals surface area contributed by atoms with E-state index in [-0.39, 0.29) is 6.04 Å². The van der Waals surface area contributed by atoms with Crippen molar-refractivity contribution >= 4 is 21.6 Å². The molecule has 1 aromatic heterocycles. The molecular weight excluding hydrogens is 306 g/mol. The Balaban J connectivity index is 2.32. The van der Waals surface area contributed by atoms with Gasteiger partial charge in [0.15, 0.2) is 0 Å². The van der Waals surface area contributed by atoms with Crippen molar-refractivity contribution in [3.63, 3.8) is 0 Å². The molecular formula is C15H18BrNO2. The van der Waals surface area contributed by atoms with Crippen LogP contribution in [0, 0.1) is 6.92 Å². The molecule has 0 aliphatic carbocycles. The van der Waals surface area contributed by atoms with Crippen LogP contribution in [0.3, 0.4) is 0 Å². The number of aryl methyl sites for hydroxylation is 1. The number of ether oxygens (including phenoxy) is 1. The van der Waals surface area contributed by atoms with Gasteiger partial charge in [0.05, 0.1) is 25.1 Å². The predicted octanol–water partition coefficient (Wildman–Crippen LogP) is 4.92. The van der Waals surface area contributed by atoms with Gasteiger partial charge in [-0.1, -0.05) is 22.9 Å². The van der Waals surface area contributed by atoms with Crippen LogP contribution < -0.4 is 10.1 Å². The topological polar surface area (TPSA) is 34.4 Å². The number of furan rings is 1. The lowest BCUT2D eigenvalue weighted by Crippen LogP contribution is -2.10. The highest BCUT2D eigenvalue weighted by Crippen LogP contribution is 2.35. The minimum absolute atomic E-state index is 0.142. The molecule has 0 saturated carbocycles. The van der Waals surface area contributed by atoms with E-state index in [0.29, 0.717) is 0 Å². The molecule has 102 valence electrons. The first-order valence-corrected chi connectivity index (χ1v) is 7.09. The summed E-state index contributed by atoms with van der Waals surface area (Å²) in [5.41, 5.74) is 2.14. The van der Waals surface area contributed by atoms with Gasteiger partial charge in [0.1, 0.15) is 11.5 Å². The van der Waals surface area contributed by atoms with Gasteiger partial charge in [0, 0.05) is 4.47 Å². The average molecular weight is 324 g/mol. The van der Waals surface area contributed by atoms with Crippen LogP contribution >= 0.6 is 15.9 Å². The summed E-state index contributed by atoms with van der Waals surface area (Å²) < 4.78 is 11.9. The minimum Gasteiger partial charge on any atom is -0.495 e. The summed E-state index contributed by atoms with van der Waals surface area (Å²) in [6, 6.07) is 8.07. The lowest BCUT2D eigenvalue weighted by atomic mass is 10.1. The standard InChI is InChI=1S/C15H18BrNO2/c1-4-12(13-6-5-7-19-13)17-15-10(2)8-11(16)9-14(15)18-3/h5-9,12,17H,4H2,1-3H3. The molecule has 1 aromatic carbocycles. The maximum atomic E-state index is 5.48. The fourth-order valence-electron chi connectivity index (χ4n) is 2.10. The molecule has 0 spiro atoms. The normalized spacial score (nSPS) is 12.2. The third kappa shape index (κ3) is 3.13. The summed E-state index contributed by atoms with van der Waals surface area (Å²) in [7, 11) is 1.68. The van der Waals surface area contributed by atoms with Crippen molar-refractivity contribution in [1.82, 2.24) is 0 Å².